The first-order valence-electron chi connectivity index (χ1n) is 8.94. The summed E-state index contributed by atoms with van der Waals surface area (Å²) in [7, 11) is 0. The lowest BCUT2D eigenvalue weighted by Crippen LogP contribution is -2.23. The Kier molecular flexibility index (Phi) is 7.11. The average molecular weight is 367 g/mol. The molecule has 27 heavy (non-hydrogen) atoms. The number of hydrogen-bond donors (Lipinski definition) is 3. The van der Waals surface area contributed by atoms with Crippen LogP contribution in [-0.2, 0) is 16.1 Å². The van der Waals surface area contributed by atoms with Crippen molar-refractivity contribution in [1.29, 1.82) is 0 Å². The van der Waals surface area contributed by atoms with Crippen LogP contribution in [0.2, 0.25) is 0 Å². The number of carbonyl (C=O) groups is 3. The lowest BCUT2D eigenvalue weighted by Gasteiger charge is -2.11. The third-order valence-corrected chi connectivity index (χ3v) is 4.18. The van der Waals surface area contributed by atoms with Gasteiger partial charge in [0.1, 0.15) is 0 Å². The zero-order valence-corrected chi connectivity index (χ0v) is 15.8. The van der Waals surface area contributed by atoms with Gasteiger partial charge in [0.25, 0.3) is 5.91 Å². The molecular formula is C21H25N3O3. The van der Waals surface area contributed by atoms with E-state index in [2.05, 4.69) is 16.0 Å². The molecule has 1 atom stereocenters. The number of amides is 3. The standard InChI is InChI=1S/C21H25N3O3/c1-4-14(2)20(26)24-19-7-5-6-16(12-19)13-22-21(27)17-8-10-18(11-9-17)23-15(3)25/h5-12,14H,4,13H2,1-3H3,(H,22,27)(H,23,25)(H,24,26)/t14-/m1/s1. The first-order chi connectivity index (χ1) is 12.9. The van der Waals surface area contributed by atoms with Crippen LogP contribution >= 0.6 is 0 Å². The van der Waals surface area contributed by atoms with Crippen LogP contribution in [0.3, 0.4) is 0 Å². The molecule has 0 bridgehead atoms. The molecule has 3 N–H and O–H groups in total. The summed E-state index contributed by atoms with van der Waals surface area (Å²) in [6, 6.07) is 14.1. The van der Waals surface area contributed by atoms with Gasteiger partial charge in [-0.25, -0.2) is 0 Å². The van der Waals surface area contributed by atoms with E-state index in [0.717, 1.165) is 12.0 Å². The lowest BCUT2D eigenvalue weighted by molar-refractivity contribution is -0.119. The highest BCUT2D eigenvalue weighted by Crippen LogP contribution is 2.14. The van der Waals surface area contributed by atoms with Gasteiger partial charge in [0, 0.05) is 36.3 Å². The second-order valence-electron chi connectivity index (χ2n) is 6.44. The van der Waals surface area contributed by atoms with E-state index in [0.29, 0.717) is 23.5 Å². The summed E-state index contributed by atoms with van der Waals surface area (Å²) < 4.78 is 0. The van der Waals surface area contributed by atoms with Crippen molar-refractivity contribution >= 4 is 29.1 Å². The Morgan fingerprint density at radius 1 is 0.963 bits per heavy atom. The lowest BCUT2D eigenvalue weighted by atomic mass is 10.1. The first-order valence-corrected chi connectivity index (χ1v) is 8.94. The Hall–Kier alpha value is -3.15. The molecule has 142 valence electrons. The highest BCUT2D eigenvalue weighted by atomic mass is 16.2. The van der Waals surface area contributed by atoms with Gasteiger partial charge < -0.3 is 16.0 Å². The molecule has 0 saturated heterocycles. The smallest absolute Gasteiger partial charge is 0.251 e. The van der Waals surface area contributed by atoms with Gasteiger partial charge in [-0.05, 0) is 48.4 Å². The highest BCUT2D eigenvalue weighted by Gasteiger charge is 2.11. The molecule has 0 spiro atoms. The van der Waals surface area contributed by atoms with Gasteiger partial charge in [-0.15, -0.1) is 0 Å². The third kappa shape index (κ3) is 6.26. The quantitative estimate of drug-likeness (QED) is 0.699. The van der Waals surface area contributed by atoms with Crippen molar-refractivity contribution in [3.05, 3.63) is 59.7 Å². The van der Waals surface area contributed by atoms with Crippen molar-refractivity contribution < 1.29 is 14.4 Å². The van der Waals surface area contributed by atoms with Crippen LogP contribution in [0.5, 0.6) is 0 Å². The zero-order valence-electron chi connectivity index (χ0n) is 15.8. The molecule has 0 aliphatic heterocycles. The number of anilines is 2. The summed E-state index contributed by atoms with van der Waals surface area (Å²) >= 11 is 0. The Morgan fingerprint density at radius 2 is 1.67 bits per heavy atom. The maximum absolute atomic E-state index is 12.3. The van der Waals surface area contributed by atoms with E-state index in [1.807, 2.05) is 38.1 Å². The molecule has 6 heteroatoms. The van der Waals surface area contributed by atoms with E-state index in [9.17, 15) is 14.4 Å². The van der Waals surface area contributed by atoms with Gasteiger partial charge in [-0.3, -0.25) is 14.4 Å². The van der Waals surface area contributed by atoms with Crippen LogP contribution in [-0.4, -0.2) is 17.7 Å². The Morgan fingerprint density at radius 3 is 2.30 bits per heavy atom. The van der Waals surface area contributed by atoms with Crippen LogP contribution in [0.1, 0.15) is 43.1 Å². The highest BCUT2D eigenvalue weighted by molar-refractivity contribution is 5.95. The summed E-state index contributed by atoms with van der Waals surface area (Å²) in [5.41, 5.74) is 2.75. The molecule has 3 amide bonds. The van der Waals surface area contributed by atoms with E-state index >= 15 is 0 Å². The Bertz CT molecular complexity index is 816. The van der Waals surface area contributed by atoms with E-state index in [1.54, 1.807) is 24.3 Å². The third-order valence-electron chi connectivity index (χ3n) is 4.18. The minimum Gasteiger partial charge on any atom is -0.348 e. The van der Waals surface area contributed by atoms with Crippen molar-refractivity contribution in [3.63, 3.8) is 0 Å². The van der Waals surface area contributed by atoms with Crippen molar-refractivity contribution in [3.8, 4) is 0 Å². The summed E-state index contributed by atoms with van der Waals surface area (Å²) in [6.45, 7) is 5.63. The molecule has 2 aromatic carbocycles. The second kappa shape index (κ2) is 9.52. The van der Waals surface area contributed by atoms with Crippen molar-refractivity contribution in [2.75, 3.05) is 10.6 Å². The molecule has 0 aliphatic rings. The fraction of sp³-hybridized carbons (Fsp3) is 0.286. The number of nitrogens with one attached hydrogen (secondary N) is 3. The van der Waals surface area contributed by atoms with Crippen LogP contribution < -0.4 is 16.0 Å². The molecule has 2 rings (SSSR count). The largest absolute Gasteiger partial charge is 0.348 e. The molecule has 0 saturated carbocycles. The summed E-state index contributed by atoms with van der Waals surface area (Å²) in [4.78, 5) is 35.3. The Labute approximate surface area is 159 Å². The van der Waals surface area contributed by atoms with Crippen molar-refractivity contribution in [2.24, 2.45) is 5.92 Å². The predicted molar refractivity (Wildman–Crippen MR) is 106 cm³/mol. The summed E-state index contributed by atoms with van der Waals surface area (Å²) in [5, 5.41) is 8.40. The zero-order chi connectivity index (χ0) is 19.8. The van der Waals surface area contributed by atoms with E-state index in [-0.39, 0.29) is 23.6 Å². The van der Waals surface area contributed by atoms with Crippen LogP contribution in [0.25, 0.3) is 0 Å². The normalized spacial score (nSPS) is 11.4. The molecule has 0 fully saturated rings. The van der Waals surface area contributed by atoms with Crippen LogP contribution in [0, 0.1) is 5.92 Å². The second-order valence-corrected chi connectivity index (χ2v) is 6.44. The molecule has 0 unspecified atom stereocenters. The summed E-state index contributed by atoms with van der Waals surface area (Å²) in [6.07, 6.45) is 0.780. The summed E-state index contributed by atoms with van der Waals surface area (Å²) in [5.74, 6) is -0.433. The monoisotopic (exact) mass is 367 g/mol. The predicted octanol–water partition coefficient (Wildman–Crippen LogP) is 3.56. The number of carbonyl (C=O) groups excluding carboxylic acids is 3. The van der Waals surface area contributed by atoms with Gasteiger partial charge >= 0.3 is 0 Å². The maximum Gasteiger partial charge on any atom is 0.251 e. The number of benzene rings is 2. The van der Waals surface area contributed by atoms with E-state index < -0.39 is 0 Å². The van der Waals surface area contributed by atoms with Gasteiger partial charge in [0.05, 0.1) is 0 Å². The minimum absolute atomic E-state index is 0.0158. The molecule has 6 nitrogen and oxygen atoms in total. The molecule has 2 aromatic rings. The Balaban J connectivity index is 1.94. The van der Waals surface area contributed by atoms with Crippen LogP contribution in [0.4, 0.5) is 11.4 Å². The molecule has 0 heterocycles. The van der Waals surface area contributed by atoms with Crippen LogP contribution in [0.15, 0.2) is 48.5 Å². The molecule has 0 aliphatic carbocycles. The van der Waals surface area contributed by atoms with Crippen molar-refractivity contribution in [2.45, 2.75) is 33.7 Å². The number of rotatable bonds is 7. The fourth-order valence-electron chi connectivity index (χ4n) is 2.40. The molecule has 0 radical (unpaired) electrons. The van der Waals surface area contributed by atoms with E-state index in [1.165, 1.54) is 6.92 Å². The SMILES string of the molecule is CC[C@@H](C)C(=O)Nc1cccc(CNC(=O)c2ccc(NC(C)=O)cc2)c1. The van der Waals surface area contributed by atoms with Gasteiger partial charge in [-0.2, -0.15) is 0 Å². The van der Waals surface area contributed by atoms with Gasteiger partial charge in [0.2, 0.25) is 11.8 Å². The first kappa shape index (κ1) is 20.2. The fourth-order valence-corrected chi connectivity index (χ4v) is 2.40. The molecule has 0 aromatic heterocycles. The van der Waals surface area contributed by atoms with Gasteiger partial charge in [-0.1, -0.05) is 26.0 Å². The molecular weight excluding hydrogens is 342 g/mol. The van der Waals surface area contributed by atoms with Gasteiger partial charge in [0.15, 0.2) is 0 Å². The number of hydrogen-bond acceptors (Lipinski definition) is 3. The van der Waals surface area contributed by atoms with E-state index in [4.69, 9.17) is 0 Å². The van der Waals surface area contributed by atoms with Crippen molar-refractivity contribution in [1.82, 2.24) is 5.32 Å². The minimum atomic E-state index is -0.210. The maximum atomic E-state index is 12.3. The average Bonchev–Trinajstić information content (AvgIpc) is 2.65. The topological polar surface area (TPSA) is 87.3 Å².